The van der Waals surface area contributed by atoms with Crippen LogP contribution in [0.3, 0.4) is 0 Å². The summed E-state index contributed by atoms with van der Waals surface area (Å²) in [6.07, 6.45) is 0. The third kappa shape index (κ3) is 2.28. The van der Waals surface area contributed by atoms with E-state index in [1.165, 1.54) is 0 Å². The first kappa shape index (κ1) is 11.1. The standard InChI is InChI=1S/C7H8F5NS/c1-5-4-6(13)2-3-7(5)14(8,9,10,11)12/h2-4H,13H2,1H3. The molecule has 0 amide bonds. The van der Waals surface area contributed by atoms with Crippen molar-refractivity contribution in [1.82, 2.24) is 0 Å². The molecule has 0 aliphatic carbocycles. The van der Waals surface area contributed by atoms with E-state index < -0.39 is 20.7 Å². The molecule has 0 aliphatic rings. The molecule has 0 saturated heterocycles. The first-order valence-electron chi connectivity index (χ1n) is 3.50. The lowest BCUT2D eigenvalue weighted by atomic mass is 10.2. The van der Waals surface area contributed by atoms with Crippen molar-refractivity contribution < 1.29 is 19.4 Å². The van der Waals surface area contributed by atoms with Crippen LogP contribution in [-0.2, 0) is 0 Å². The molecule has 1 aromatic rings. The van der Waals surface area contributed by atoms with Gasteiger partial charge in [0.2, 0.25) is 0 Å². The van der Waals surface area contributed by atoms with Gasteiger partial charge in [-0.2, -0.15) is 0 Å². The van der Waals surface area contributed by atoms with E-state index in [4.69, 9.17) is 5.73 Å². The molecule has 1 nitrogen and oxygen atoms in total. The van der Waals surface area contributed by atoms with E-state index >= 15 is 0 Å². The van der Waals surface area contributed by atoms with Crippen LogP contribution in [0.1, 0.15) is 5.56 Å². The fraction of sp³-hybridized carbons (Fsp3) is 0.143. The molecule has 2 N–H and O–H groups in total. The van der Waals surface area contributed by atoms with Crippen LogP contribution in [0, 0.1) is 6.92 Å². The van der Waals surface area contributed by atoms with E-state index in [2.05, 4.69) is 0 Å². The van der Waals surface area contributed by atoms with Crippen molar-refractivity contribution in [2.24, 2.45) is 0 Å². The zero-order valence-electron chi connectivity index (χ0n) is 7.11. The molecule has 82 valence electrons. The molecule has 0 spiro atoms. The molecule has 14 heavy (non-hydrogen) atoms. The molecule has 0 heterocycles. The van der Waals surface area contributed by atoms with Crippen LogP contribution in [0.5, 0.6) is 0 Å². The highest BCUT2D eigenvalue weighted by atomic mass is 32.5. The first-order chi connectivity index (χ1) is 5.90. The van der Waals surface area contributed by atoms with E-state index in [1.54, 1.807) is 0 Å². The van der Waals surface area contributed by atoms with Crippen LogP contribution >= 0.6 is 10.2 Å². The fourth-order valence-corrected chi connectivity index (χ4v) is 2.10. The minimum atomic E-state index is -9.56. The molecule has 1 rings (SSSR count). The van der Waals surface area contributed by atoms with Gasteiger partial charge in [0.25, 0.3) is 0 Å². The molecule has 0 atom stereocenters. The second-order valence-corrected chi connectivity index (χ2v) is 5.37. The number of nitrogens with two attached hydrogens (primary N) is 1. The maximum Gasteiger partial charge on any atom is 0.310 e. The monoisotopic (exact) mass is 233 g/mol. The predicted molar refractivity (Wildman–Crippen MR) is 47.0 cm³/mol. The van der Waals surface area contributed by atoms with Gasteiger partial charge < -0.3 is 5.73 Å². The normalized spacial score (nSPS) is 17.3. The molecule has 0 aromatic heterocycles. The molecular weight excluding hydrogens is 225 g/mol. The van der Waals surface area contributed by atoms with Crippen LogP contribution in [0.2, 0.25) is 0 Å². The van der Waals surface area contributed by atoms with Crippen LogP contribution in [0.15, 0.2) is 23.1 Å². The topological polar surface area (TPSA) is 26.0 Å². The van der Waals surface area contributed by atoms with Crippen LogP contribution < -0.4 is 5.73 Å². The summed E-state index contributed by atoms with van der Waals surface area (Å²) in [4.78, 5) is -1.88. The molecule has 0 fully saturated rings. The van der Waals surface area contributed by atoms with Crippen molar-refractivity contribution in [3.8, 4) is 0 Å². The highest BCUT2D eigenvalue weighted by molar-refractivity contribution is 8.45. The summed E-state index contributed by atoms with van der Waals surface area (Å²) in [7, 11) is -9.56. The van der Waals surface area contributed by atoms with Crippen LogP contribution in [0.4, 0.5) is 25.1 Å². The average Bonchev–Trinajstić information content (AvgIpc) is 1.79. The highest BCUT2D eigenvalue weighted by Gasteiger charge is 2.66. The van der Waals surface area contributed by atoms with Gasteiger partial charge in [-0.05, 0) is 30.7 Å². The Labute approximate surface area is 77.4 Å². The van der Waals surface area contributed by atoms with Crippen molar-refractivity contribution in [2.75, 3.05) is 5.73 Å². The summed E-state index contributed by atoms with van der Waals surface area (Å²) in [5, 5.41) is 0. The summed E-state index contributed by atoms with van der Waals surface area (Å²) in [5.74, 6) is 0. The first-order valence-corrected chi connectivity index (χ1v) is 5.45. The van der Waals surface area contributed by atoms with Gasteiger partial charge in [0, 0.05) is 5.69 Å². The fourth-order valence-electron chi connectivity index (χ4n) is 1.11. The lowest BCUT2D eigenvalue weighted by Gasteiger charge is -2.41. The van der Waals surface area contributed by atoms with Gasteiger partial charge in [-0.3, -0.25) is 0 Å². The van der Waals surface area contributed by atoms with E-state index in [9.17, 15) is 19.4 Å². The average molecular weight is 233 g/mol. The third-order valence-electron chi connectivity index (χ3n) is 1.61. The lowest BCUT2D eigenvalue weighted by molar-refractivity contribution is 0.363. The zero-order chi connectivity index (χ0) is 11.3. The summed E-state index contributed by atoms with van der Waals surface area (Å²) in [6, 6.07) is 1.99. The molecule has 0 aliphatic heterocycles. The van der Waals surface area contributed by atoms with Crippen LogP contribution in [-0.4, -0.2) is 0 Å². The van der Waals surface area contributed by atoms with Gasteiger partial charge in [0.05, 0.1) is 0 Å². The smallest absolute Gasteiger partial charge is 0.310 e. The Bertz CT molecular complexity index is 382. The number of benzene rings is 1. The van der Waals surface area contributed by atoms with Gasteiger partial charge >= 0.3 is 10.2 Å². The quantitative estimate of drug-likeness (QED) is 0.570. The van der Waals surface area contributed by atoms with Crippen LogP contribution in [0.25, 0.3) is 0 Å². The zero-order valence-corrected chi connectivity index (χ0v) is 7.92. The van der Waals surface area contributed by atoms with E-state index in [0.29, 0.717) is 6.07 Å². The minimum absolute atomic E-state index is 0.0214. The summed E-state index contributed by atoms with van der Waals surface area (Å²) < 4.78 is 61.5. The number of hydrogen-bond donors (Lipinski definition) is 1. The Kier molecular flexibility index (Phi) is 1.71. The Hall–Kier alpha value is -0.980. The van der Waals surface area contributed by atoms with E-state index in [0.717, 1.165) is 19.1 Å². The Morgan fingerprint density at radius 1 is 1.07 bits per heavy atom. The summed E-state index contributed by atoms with van der Waals surface area (Å²) in [5.41, 5.74) is 4.61. The van der Waals surface area contributed by atoms with E-state index in [-0.39, 0.29) is 5.69 Å². The number of aryl methyl sites for hydroxylation is 1. The second-order valence-electron chi connectivity index (χ2n) is 2.99. The lowest BCUT2D eigenvalue weighted by Crippen LogP contribution is -2.08. The predicted octanol–water partition coefficient (Wildman–Crippen LogP) is 4.23. The highest BCUT2D eigenvalue weighted by Crippen LogP contribution is 3.02. The summed E-state index contributed by atoms with van der Waals surface area (Å²) in [6.45, 7) is 0.948. The molecular formula is C7H8F5NS. The molecule has 0 unspecified atom stereocenters. The number of rotatable bonds is 1. The maximum absolute atomic E-state index is 12.3. The Morgan fingerprint density at radius 3 is 1.93 bits per heavy atom. The van der Waals surface area contributed by atoms with Crippen molar-refractivity contribution in [2.45, 2.75) is 11.8 Å². The van der Waals surface area contributed by atoms with Gasteiger partial charge in [-0.25, -0.2) is 0 Å². The number of nitrogen functional groups attached to an aromatic ring is 1. The molecule has 0 radical (unpaired) electrons. The molecule has 0 bridgehead atoms. The number of hydrogen-bond acceptors (Lipinski definition) is 1. The number of halogens is 5. The Morgan fingerprint density at radius 2 is 1.57 bits per heavy atom. The third-order valence-corrected chi connectivity index (χ3v) is 2.90. The van der Waals surface area contributed by atoms with Gasteiger partial charge in [0.1, 0.15) is 4.90 Å². The minimum Gasteiger partial charge on any atom is -0.399 e. The molecule has 7 heteroatoms. The van der Waals surface area contributed by atoms with Crippen molar-refractivity contribution in [3.05, 3.63) is 23.8 Å². The maximum atomic E-state index is 12.3. The van der Waals surface area contributed by atoms with Gasteiger partial charge in [0.15, 0.2) is 0 Å². The Balaban J connectivity index is 3.51. The van der Waals surface area contributed by atoms with Crippen molar-refractivity contribution >= 4 is 15.9 Å². The summed E-state index contributed by atoms with van der Waals surface area (Å²) >= 11 is 0. The van der Waals surface area contributed by atoms with Gasteiger partial charge in [-0.1, -0.05) is 19.4 Å². The molecule has 1 aromatic carbocycles. The number of anilines is 1. The van der Waals surface area contributed by atoms with Crippen molar-refractivity contribution in [3.63, 3.8) is 0 Å². The largest absolute Gasteiger partial charge is 0.399 e. The van der Waals surface area contributed by atoms with Gasteiger partial charge in [-0.15, -0.1) is 0 Å². The van der Waals surface area contributed by atoms with Crippen molar-refractivity contribution in [1.29, 1.82) is 0 Å². The molecule has 0 saturated carbocycles. The second kappa shape index (κ2) is 2.16. The van der Waals surface area contributed by atoms with E-state index in [1.807, 2.05) is 0 Å². The SMILES string of the molecule is Cc1cc(N)ccc1S(F)(F)(F)(F)F.